The van der Waals surface area contributed by atoms with Crippen LogP contribution < -0.4 is 0 Å². The number of benzene rings is 1. The normalized spacial score (nSPS) is 15.5. The van der Waals surface area contributed by atoms with Gasteiger partial charge in [-0.25, -0.2) is 0 Å². The number of aryl methyl sites for hydroxylation is 1. The number of hydrogen-bond donors (Lipinski definition) is 1. The number of H-pyrrole nitrogens is 1. The maximum absolute atomic E-state index is 4.05. The van der Waals surface area contributed by atoms with Gasteiger partial charge in [0.1, 0.15) is 0 Å². The van der Waals surface area contributed by atoms with E-state index in [0.717, 1.165) is 0 Å². The van der Waals surface area contributed by atoms with E-state index in [9.17, 15) is 0 Å². The van der Waals surface area contributed by atoms with E-state index >= 15 is 0 Å². The van der Waals surface area contributed by atoms with Gasteiger partial charge in [-0.15, -0.1) is 0 Å². The molecule has 0 spiro atoms. The fourth-order valence-corrected chi connectivity index (χ4v) is 2.63. The summed E-state index contributed by atoms with van der Waals surface area (Å²) in [4.78, 5) is 0. The molecule has 0 saturated heterocycles. The van der Waals surface area contributed by atoms with Crippen LogP contribution in [0.1, 0.15) is 30.4 Å². The minimum atomic E-state index is 1.22. The third kappa shape index (κ3) is 1.64. The highest BCUT2D eigenvalue weighted by Gasteiger charge is 2.12. The molecule has 0 unspecified atom stereocenters. The first kappa shape index (κ1) is 9.64. The smallest absolute Gasteiger partial charge is 0.0565 e. The minimum absolute atomic E-state index is 1.22. The number of aromatic nitrogens is 2. The molecule has 82 valence electrons. The molecule has 1 aromatic carbocycles. The highest BCUT2D eigenvalue weighted by Crippen LogP contribution is 2.30. The maximum atomic E-state index is 4.05. The molecular weight excluding hydrogens is 196 g/mol. The molecule has 1 aliphatic rings. The van der Waals surface area contributed by atoms with Crippen LogP contribution in [0.4, 0.5) is 0 Å². The molecule has 0 saturated carbocycles. The van der Waals surface area contributed by atoms with Crippen LogP contribution in [-0.2, 0) is 12.8 Å². The first-order valence-electron chi connectivity index (χ1n) is 6.05. The van der Waals surface area contributed by atoms with Gasteiger partial charge in [-0.3, -0.25) is 5.10 Å². The third-order valence-electron chi connectivity index (χ3n) is 3.46. The van der Waals surface area contributed by atoms with Gasteiger partial charge < -0.3 is 0 Å². The average molecular weight is 212 g/mol. The molecule has 2 heteroatoms. The monoisotopic (exact) mass is 212 g/mol. The molecule has 1 N–H and O–H groups in total. The molecule has 0 bridgehead atoms. The van der Waals surface area contributed by atoms with Gasteiger partial charge in [-0.05, 0) is 42.4 Å². The Balaban J connectivity index is 2.12. The first-order valence-corrected chi connectivity index (χ1v) is 6.05. The number of rotatable bonds is 1. The molecule has 1 aromatic heterocycles. The highest BCUT2D eigenvalue weighted by molar-refractivity contribution is 5.67. The summed E-state index contributed by atoms with van der Waals surface area (Å²) >= 11 is 0. The van der Waals surface area contributed by atoms with E-state index in [2.05, 4.69) is 28.4 Å². The molecule has 0 atom stereocenters. The average Bonchev–Trinajstić information content (AvgIpc) is 2.73. The Bertz CT molecular complexity index is 471. The summed E-state index contributed by atoms with van der Waals surface area (Å²) in [6, 6.07) is 6.67. The number of hydrogen-bond acceptors (Lipinski definition) is 1. The highest BCUT2D eigenvalue weighted by atomic mass is 15.1. The standard InChI is InChI=1S/C14H16N2/c1-2-5-11-6-4-8-14(13(11)7-3-1)12-9-15-16-10-12/h4,6,8-10H,1-3,5,7H2,(H,15,16). The van der Waals surface area contributed by atoms with Crippen molar-refractivity contribution < 1.29 is 0 Å². The van der Waals surface area contributed by atoms with Gasteiger partial charge >= 0.3 is 0 Å². The van der Waals surface area contributed by atoms with E-state index in [-0.39, 0.29) is 0 Å². The first-order chi connectivity index (χ1) is 7.95. The molecule has 16 heavy (non-hydrogen) atoms. The summed E-state index contributed by atoms with van der Waals surface area (Å²) in [5, 5.41) is 6.95. The predicted octanol–water partition coefficient (Wildman–Crippen LogP) is 3.35. The summed E-state index contributed by atoms with van der Waals surface area (Å²) in [6.45, 7) is 0. The summed E-state index contributed by atoms with van der Waals surface area (Å²) in [7, 11) is 0. The predicted molar refractivity (Wildman–Crippen MR) is 65.3 cm³/mol. The second kappa shape index (κ2) is 4.12. The van der Waals surface area contributed by atoms with E-state index in [1.165, 1.54) is 48.8 Å². The lowest BCUT2D eigenvalue weighted by atomic mass is 9.94. The van der Waals surface area contributed by atoms with Crippen molar-refractivity contribution in [2.45, 2.75) is 32.1 Å². The lowest BCUT2D eigenvalue weighted by Crippen LogP contribution is -1.94. The molecule has 2 nitrogen and oxygen atoms in total. The molecule has 0 amide bonds. The van der Waals surface area contributed by atoms with Crippen molar-refractivity contribution in [3.05, 3.63) is 41.7 Å². The Morgan fingerprint density at radius 2 is 2.00 bits per heavy atom. The van der Waals surface area contributed by atoms with Crippen molar-refractivity contribution in [2.75, 3.05) is 0 Å². The number of nitrogens with one attached hydrogen (secondary N) is 1. The van der Waals surface area contributed by atoms with Gasteiger partial charge in [0.2, 0.25) is 0 Å². The Kier molecular flexibility index (Phi) is 2.49. The Morgan fingerprint density at radius 1 is 1.06 bits per heavy atom. The summed E-state index contributed by atoms with van der Waals surface area (Å²) in [5.41, 5.74) is 5.67. The minimum Gasteiger partial charge on any atom is -0.285 e. The summed E-state index contributed by atoms with van der Waals surface area (Å²) < 4.78 is 0. The topological polar surface area (TPSA) is 28.7 Å². The zero-order chi connectivity index (χ0) is 10.8. The van der Waals surface area contributed by atoms with Crippen LogP contribution in [0.2, 0.25) is 0 Å². The molecule has 0 aliphatic heterocycles. The van der Waals surface area contributed by atoms with Crippen LogP contribution in [-0.4, -0.2) is 10.2 Å². The fourth-order valence-electron chi connectivity index (χ4n) is 2.63. The van der Waals surface area contributed by atoms with Crippen molar-refractivity contribution in [1.29, 1.82) is 0 Å². The quantitative estimate of drug-likeness (QED) is 0.721. The molecule has 0 fully saturated rings. The van der Waals surface area contributed by atoms with Gasteiger partial charge in [0.05, 0.1) is 6.20 Å². The van der Waals surface area contributed by atoms with E-state index in [4.69, 9.17) is 0 Å². The molecular formula is C14H16N2. The zero-order valence-electron chi connectivity index (χ0n) is 9.37. The van der Waals surface area contributed by atoms with Gasteiger partial charge in [0, 0.05) is 11.8 Å². The van der Waals surface area contributed by atoms with Crippen LogP contribution in [0.3, 0.4) is 0 Å². The molecule has 1 heterocycles. The van der Waals surface area contributed by atoms with Crippen LogP contribution in [0.5, 0.6) is 0 Å². The number of aromatic amines is 1. The van der Waals surface area contributed by atoms with Gasteiger partial charge in [-0.1, -0.05) is 24.6 Å². The zero-order valence-corrected chi connectivity index (χ0v) is 9.37. The van der Waals surface area contributed by atoms with Crippen LogP contribution in [0.15, 0.2) is 30.6 Å². The van der Waals surface area contributed by atoms with E-state index in [1.54, 1.807) is 5.56 Å². The molecule has 3 rings (SSSR count). The van der Waals surface area contributed by atoms with Crippen molar-refractivity contribution >= 4 is 0 Å². The Labute approximate surface area is 95.7 Å². The second-order valence-electron chi connectivity index (χ2n) is 4.49. The molecule has 2 aromatic rings. The molecule has 0 radical (unpaired) electrons. The van der Waals surface area contributed by atoms with Gasteiger partial charge in [0.15, 0.2) is 0 Å². The van der Waals surface area contributed by atoms with Crippen molar-refractivity contribution in [2.24, 2.45) is 0 Å². The van der Waals surface area contributed by atoms with Crippen LogP contribution >= 0.6 is 0 Å². The van der Waals surface area contributed by atoms with E-state index < -0.39 is 0 Å². The molecule has 1 aliphatic carbocycles. The SMILES string of the molecule is c1cc2c(c(-c3cn[nH]c3)c1)CCCCC2. The van der Waals surface area contributed by atoms with Crippen molar-refractivity contribution in [3.8, 4) is 11.1 Å². The lowest BCUT2D eigenvalue weighted by Gasteiger charge is -2.10. The van der Waals surface area contributed by atoms with Crippen molar-refractivity contribution in [1.82, 2.24) is 10.2 Å². The number of fused-ring (bicyclic) bond motifs is 1. The van der Waals surface area contributed by atoms with E-state index in [1.807, 2.05) is 12.4 Å². The Morgan fingerprint density at radius 3 is 2.88 bits per heavy atom. The Hall–Kier alpha value is -1.57. The van der Waals surface area contributed by atoms with Gasteiger partial charge in [0.25, 0.3) is 0 Å². The fraction of sp³-hybridized carbons (Fsp3) is 0.357. The van der Waals surface area contributed by atoms with Gasteiger partial charge in [-0.2, -0.15) is 5.10 Å². The van der Waals surface area contributed by atoms with Crippen LogP contribution in [0.25, 0.3) is 11.1 Å². The second-order valence-corrected chi connectivity index (χ2v) is 4.49. The summed E-state index contributed by atoms with van der Waals surface area (Å²) in [5.74, 6) is 0. The maximum Gasteiger partial charge on any atom is 0.0565 e. The largest absolute Gasteiger partial charge is 0.285 e. The van der Waals surface area contributed by atoms with E-state index in [0.29, 0.717) is 0 Å². The van der Waals surface area contributed by atoms with Crippen molar-refractivity contribution in [3.63, 3.8) is 0 Å². The van der Waals surface area contributed by atoms with Crippen LogP contribution in [0, 0.1) is 0 Å². The number of nitrogens with zero attached hydrogens (tertiary/aromatic N) is 1. The lowest BCUT2D eigenvalue weighted by molar-refractivity contribution is 0.712. The summed E-state index contributed by atoms with van der Waals surface area (Å²) in [6.07, 6.45) is 10.4. The third-order valence-corrected chi connectivity index (χ3v) is 3.46.